The SMILES string of the molecule is CC1CC(NCC2Cc3ccccc32)CCO1. The van der Waals surface area contributed by atoms with Crippen molar-refractivity contribution < 1.29 is 4.74 Å². The van der Waals surface area contributed by atoms with Gasteiger partial charge in [0.25, 0.3) is 0 Å². The summed E-state index contributed by atoms with van der Waals surface area (Å²) < 4.78 is 5.57. The van der Waals surface area contributed by atoms with Gasteiger partial charge in [0.1, 0.15) is 0 Å². The first-order chi connectivity index (χ1) is 8.33. The second-order valence-electron chi connectivity index (χ2n) is 5.41. The minimum Gasteiger partial charge on any atom is -0.378 e. The maximum absolute atomic E-state index is 5.57. The van der Waals surface area contributed by atoms with E-state index in [1.54, 1.807) is 11.1 Å². The van der Waals surface area contributed by atoms with Crippen LogP contribution in [-0.4, -0.2) is 25.3 Å². The van der Waals surface area contributed by atoms with Gasteiger partial charge in [0.05, 0.1) is 6.10 Å². The molecule has 1 heterocycles. The molecule has 0 amide bonds. The van der Waals surface area contributed by atoms with Gasteiger partial charge in [-0.25, -0.2) is 0 Å². The van der Waals surface area contributed by atoms with Gasteiger partial charge in [-0.2, -0.15) is 0 Å². The first-order valence-electron chi connectivity index (χ1n) is 6.75. The van der Waals surface area contributed by atoms with E-state index in [4.69, 9.17) is 4.74 Å². The van der Waals surface area contributed by atoms with E-state index in [1.807, 2.05) is 0 Å². The summed E-state index contributed by atoms with van der Waals surface area (Å²) in [5.74, 6) is 0.740. The lowest BCUT2D eigenvalue weighted by Gasteiger charge is -2.34. The molecule has 3 unspecified atom stereocenters. The molecular formula is C15H21NO. The number of nitrogens with one attached hydrogen (secondary N) is 1. The second kappa shape index (κ2) is 4.79. The van der Waals surface area contributed by atoms with Crippen molar-refractivity contribution in [2.75, 3.05) is 13.2 Å². The molecule has 1 aromatic carbocycles. The van der Waals surface area contributed by atoms with Crippen molar-refractivity contribution in [1.29, 1.82) is 0 Å². The number of fused-ring (bicyclic) bond motifs is 1. The van der Waals surface area contributed by atoms with Crippen LogP contribution in [0.2, 0.25) is 0 Å². The molecule has 0 spiro atoms. The molecule has 0 bridgehead atoms. The molecule has 1 fully saturated rings. The Hall–Kier alpha value is -0.860. The highest BCUT2D eigenvalue weighted by molar-refractivity contribution is 5.40. The highest BCUT2D eigenvalue weighted by atomic mass is 16.5. The molecule has 1 saturated heterocycles. The molecule has 2 nitrogen and oxygen atoms in total. The Bertz CT molecular complexity index is 390. The smallest absolute Gasteiger partial charge is 0.0561 e. The lowest BCUT2D eigenvalue weighted by Crippen LogP contribution is -2.41. The van der Waals surface area contributed by atoms with Crippen molar-refractivity contribution in [1.82, 2.24) is 5.32 Å². The molecule has 3 atom stereocenters. The summed E-state index contributed by atoms with van der Waals surface area (Å²) in [6, 6.07) is 9.48. The maximum Gasteiger partial charge on any atom is 0.0561 e. The molecule has 0 saturated carbocycles. The molecule has 2 aliphatic rings. The Labute approximate surface area is 103 Å². The number of hydrogen-bond donors (Lipinski definition) is 1. The third-order valence-corrected chi connectivity index (χ3v) is 4.10. The molecule has 0 radical (unpaired) electrons. The van der Waals surface area contributed by atoms with Gasteiger partial charge < -0.3 is 10.1 Å². The van der Waals surface area contributed by atoms with Crippen LogP contribution in [0.15, 0.2) is 24.3 Å². The minimum atomic E-state index is 0.426. The van der Waals surface area contributed by atoms with E-state index in [1.165, 1.54) is 12.8 Å². The first kappa shape index (κ1) is 11.2. The van der Waals surface area contributed by atoms with E-state index < -0.39 is 0 Å². The maximum atomic E-state index is 5.57. The predicted octanol–water partition coefficient (Wildman–Crippen LogP) is 2.48. The van der Waals surface area contributed by atoms with Crippen molar-refractivity contribution in [3.8, 4) is 0 Å². The van der Waals surface area contributed by atoms with Crippen molar-refractivity contribution in [2.24, 2.45) is 0 Å². The molecule has 1 aliphatic heterocycles. The number of ether oxygens (including phenoxy) is 1. The summed E-state index contributed by atoms with van der Waals surface area (Å²) in [7, 11) is 0. The largest absolute Gasteiger partial charge is 0.378 e. The van der Waals surface area contributed by atoms with Crippen LogP contribution in [0.4, 0.5) is 0 Å². The van der Waals surface area contributed by atoms with Gasteiger partial charge >= 0.3 is 0 Å². The Kier molecular flexibility index (Phi) is 3.17. The third kappa shape index (κ3) is 2.38. The number of rotatable bonds is 3. The van der Waals surface area contributed by atoms with E-state index in [2.05, 4.69) is 36.5 Å². The van der Waals surface area contributed by atoms with Crippen LogP contribution < -0.4 is 5.32 Å². The van der Waals surface area contributed by atoms with Gasteiger partial charge in [-0.15, -0.1) is 0 Å². The zero-order valence-electron chi connectivity index (χ0n) is 10.5. The van der Waals surface area contributed by atoms with Crippen LogP contribution in [0, 0.1) is 0 Å². The standard InChI is InChI=1S/C15H21NO/c1-11-8-14(6-7-17-11)16-10-13-9-12-4-2-3-5-15(12)13/h2-5,11,13-14,16H,6-10H2,1H3. The van der Waals surface area contributed by atoms with Gasteiger partial charge in [0.2, 0.25) is 0 Å². The van der Waals surface area contributed by atoms with Gasteiger partial charge in [-0.05, 0) is 37.3 Å². The third-order valence-electron chi connectivity index (χ3n) is 4.10. The van der Waals surface area contributed by atoms with Crippen LogP contribution in [0.1, 0.15) is 36.8 Å². The fourth-order valence-corrected chi connectivity index (χ4v) is 3.04. The van der Waals surface area contributed by atoms with Crippen LogP contribution in [0.25, 0.3) is 0 Å². The molecule has 92 valence electrons. The second-order valence-corrected chi connectivity index (χ2v) is 5.41. The predicted molar refractivity (Wildman–Crippen MR) is 69.3 cm³/mol. The molecule has 1 aliphatic carbocycles. The van der Waals surface area contributed by atoms with Crippen molar-refractivity contribution >= 4 is 0 Å². The monoisotopic (exact) mass is 231 g/mol. The lowest BCUT2D eigenvalue weighted by atomic mass is 9.77. The molecule has 1 aromatic rings. The zero-order valence-corrected chi connectivity index (χ0v) is 10.5. The van der Waals surface area contributed by atoms with Crippen LogP contribution in [0.5, 0.6) is 0 Å². The minimum absolute atomic E-state index is 0.426. The van der Waals surface area contributed by atoms with E-state index in [0.29, 0.717) is 12.1 Å². The van der Waals surface area contributed by atoms with Gasteiger partial charge in [-0.1, -0.05) is 24.3 Å². The number of benzene rings is 1. The van der Waals surface area contributed by atoms with Crippen molar-refractivity contribution in [2.45, 2.75) is 44.2 Å². The normalized spacial score (nSPS) is 31.7. The summed E-state index contributed by atoms with van der Waals surface area (Å²) in [4.78, 5) is 0. The zero-order chi connectivity index (χ0) is 11.7. The van der Waals surface area contributed by atoms with Crippen molar-refractivity contribution in [3.63, 3.8) is 0 Å². The van der Waals surface area contributed by atoms with Gasteiger partial charge in [0.15, 0.2) is 0 Å². The fraction of sp³-hybridized carbons (Fsp3) is 0.600. The molecule has 1 N–H and O–H groups in total. The van der Waals surface area contributed by atoms with Crippen LogP contribution >= 0.6 is 0 Å². The highest BCUT2D eigenvalue weighted by Gasteiger charge is 2.26. The van der Waals surface area contributed by atoms with Crippen LogP contribution in [-0.2, 0) is 11.2 Å². The van der Waals surface area contributed by atoms with Gasteiger partial charge in [0, 0.05) is 25.1 Å². The fourth-order valence-electron chi connectivity index (χ4n) is 3.04. The van der Waals surface area contributed by atoms with E-state index in [9.17, 15) is 0 Å². The topological polar surface area (TPSA) is 21.3 Å². The molecular weight excluding hydrogens is 210 g/mol. The highest BCUT2D eigenvalue weighted by Crippen LogP contribution is 2.34. The Balaban J connectivity index is 1.50. The lowest BCUT2D eigenvalue weighted by molar-refractivity contribution is 0.0130. The van der Waals surface area contributed by atoms with E-state index in [-0.39, 0.29) is 0 Å². The molecule has 0 aromatic heterocycles. The van der Waals surface area contributed by atoms with Gasteiger partial charge in [-0.3, -0.25) is 0 Å². The number of hydrogen-bond acceptors (Lipinski definition) is 2. The van der Waals surface area contributed by atoms with Crippen molar-refractivity contribution in [3.05, 3.63) is 35.4 Å². The summed E-state index contributed by atoms with van der Waals surface area (Å²) >= 11 is 0. The molecule has 3 rings (SSSR count). The van der Waals surface area contributed by atoms with E-state index in [0.717, 1.165) is 25.5 Å². The average molecular weight is 231 g/mol. The van der Waals surface area contributed by atoms with Crippen LogP contribution in [0.3, 0.4) is 0 Å². The summed E-state index contributed by atoms with van der Waals surface area (Å²) in [5.41, 5.74) is 3.10. The Morgan fingerprint density at radius 2 is 2.24 bits per heavy atom. The average Bonchev–Trinajstić information content (AvgIpc) is 2.30. The Morgan fingerprint density at radius 3 is 3.06 bits per heavy atom. The first-order valence-corrected chi connectivity index (χ1v) is 6.75. The summed E-state index contributed by atoms with van der Waals surface area (Å²) in [5, 5.41) is 3.71. The molecule has 2 heteroatoms. The Morgan fingerprint density at radius 1 is 1.35 bits per heavy atom. The summed E-state index contributed by atoms with van der Waals surface area (Å²) in [6.07, 6.45) is 4.00. The quantitative estimate of drug-likeness (QED) is 0.863. The van der Waals surface area contributed by atoms with E-state index >= 15 is 0 Å². The molecule has 17 heavy (non-hydrogen) atoms. The summed E-state index contributed by atoms with van der Waals surface area (Å²) in [6.45, 7) is 4.22.